The Labute approximate surface area is 136 Å². The van der Waals surface area contributed by atoms with Gasteiger partial charge in [-0.05, 0) is 54.5 Å². The smallest absolute Gasteiger partial charge is 0.277 e. The Bertz CT molecular complexity index is 724. The van der Waals surface area contributed by atoms with Gasteiger partial charge in [0, 0.05) is 5.71 Å². The zero-order valence-corrected chi connectivity index (χ0v) is 13.4. The van der Waals surface area contributed by atoms with Gasteiger partial charge in [-0.1, -0.05) is 37.3 Å². The van der Waals surface area contributed by atoms with E-state index in [1.807, 2.05) is 42.5 Å². The Kier molecular flexibility index (Phi) is 4.91. The van der Waals surface area contributed by atoms with E-state index in [9.17, 15) is 4.79 Å². The molecule has 0 aromatic heterocycles. The van der Waals surface area contributed by atoms with Crippen molar-refractivity contribution in [3.63, 3.8) is 0 Å². The molecule has 0 heterocycles. The third kappa shape index (κ3) is 3.89. The zero-order valence-electron chi connectivity index (χ0n) is 13.4. The molecular formula is C19H22N2O2. The van der Waals surface area contributed by atoms with Gasteiger partial charge in [0.2, 0.25) is 0 Å². The third-order valence-corrected chi connectivity index (χ3v) is 4.36. The number of benzene rings is 2. The summed E-state index contributed by atoms with van der Waals surface area (Å²) in [6.07, 6.45) is 4.42. The van der Waals surface area contributed by atoms with Crippen molar-refractivity contribution >= 4 is 22.4 Å². The molecule has 0 saturated heterocycles. The van der Waals surface area contributed by atoms with Gasteiger partial charge in [0.15, 0.2) is 6.61 Å². The van der Waals surface area contributed by atoms with Crippen molar-refractivity contribution in [1.82, 2.24) is 5.43 Å². The Morgan fingerprint density at radius 2 is 2.09 bits per heavy atom. The summed E-state index contributed by atoms with van der Waals surface area (Å²) in [4.78, 5) is 11.9. The summed E-state index contributed by atoms with van der Waals surface area (Å²) in [6, 6.07) is 13.9. The van der Waals surface area contributed by atoms with E-state index in [4.69, 9.17) is 4.74 Å². The van der Waals surface area contributed by atoms with Crippen LogP contribution in [0.15, 0.2) is 47.6 Å². The molecule has 2 aromatic rings. The number of fused-ring (bicyclic) bond motifs is 1. The first-order valence-corrected chi connectivity index (χ1v) is 8.23. The molecule has 1 N–H and O–H groups in total. The van der Waals surface area contributed by atoms with Gasteiger partial charge in [-0.25, -0.2) is 5.43 Å². The van der Waals surface area contributed by atoms with Crippen molar-refractivity contribution in [2.45, 2.75) is 32.6 Å². The number of carbonyl (C=O) groups excluding carboxylic acids is 1. The number of carbonyl (C=O) groups is 1. The highest BCUT2D eigenvalue weighted by Gasteiger charge is 2.20. The summed E-state index contributed by atoms with van der Waals surface area (Å²) in [7, 11) is 0. The van der Waals surface area contributed by atoms with Crippen LogP contribution in [-0.4, -0.2) is 18.2 Å². The molecule has 23 heavy (non-hydrogen) atoms. The standard InChI is InChI=1S/C19H22N2O2/c1-2-14-8-5-9-18(14)20-21-19(22)13-23-17-11-10-15-6-3-4-7-16(15)12-17/h3-4,6-7,10-12,14H,2,5,8-9,13H2,1H3,(H,21,22)/b20-18+. The van der Waals surface area contributed by atoms with Gasteiger partial charge in [-0.3, -0.25) is 4.79 Å². The molecule has 4 heteroatoms. The maximum Gasteiger partial charge on any atom is 0.277 e. The monoisotopic (exact) mass is 310 g/mol. The molecule has 120 valence electrons. The molecule has 2 aromatic carbocycles. The van der Waals surface area contributed by atoms with Crippen LogP contribution < -0.4 is 10.2 Å². The third-order valence-electron chi connectivity index (χ3n) is 4.36. The lowest BCUT2D eigenvalue weighted by atomic mass is 10.0. The fourth-order valence-corrected chi connectivity index (χ4v) is 3.06. The Hall–Kier alpha value is -2.36. The van der Waals surface area contributed by atoms with Crippen molar-refractivity contribution in [3.05, 3.63) is 42.5 Å². The minimum absolute atomic E-state index is 0.0219. The van der Waals surface area contributed by atoms with Gasteiger partial charge in [-0.2, -0.15) is 5.10 Å². The Morgan fingerprint density at radius 3 is 2.91 bits per heavy atom. The number of ether oxygens (including phenoxy) is 1. The molecule has 0 bridgehead atoms. The first kappa shape index (κ1) is 15.5. The summed E-state index contributed by atoms with van der Waals surface area (Å²) in [6.45, 7) is 2.14. The van der Waals surface area contributed by atoms with Gasteiger partial charge in [0.05, 0.1) is 0 Å². The van der Waals surface area contributed by atoms with Crippen LogP contribution in [0.1, 0.15) is 32.6 Å². The topological polar surface area (TPSA) is 50.7 Å². The van der Waals surface area contributed by atoms with Crippen molar-refractivity contribution in [2.75, 3.05) is 6.61 Å². The lowest BCUT2D eigenvalue weighted by molar-refractivity contribution is -0.123. The number of hydrazone groups is 1. The fourth-order valence-electron chi connectivity index (χ4n) is 3.06. The number of hydrogen-bond donors (Lipinski definition) is 1. The maximum atomic E-state index is 11.9. The first-order valence-electron chi connectivity index (χ1n) is 8.23. The second-order valence-corrected chi connectivity index (χ2v) is 5.93. The molecule has 1 amide bonds. The molecule has 3 rings (SSSR count). The van der Waals surface area contributed by atoms with Crippen LogP contribution in [-0.2, 0) is 4.79 Å². The molecule has 1 aliphatic rings. The lowest BCUT2D eigenvalue weighted by Gasteiger charge is -2.09. The summed E-state index contributed by atoms with van der Waals surface area (Å²) in [5.41, 5.74) is 3.74. The minimum Gasteiger partial charge on any atom is -0.484 e. The molecule has 1 saturated carbocycles. The molecular weight excluding hydrogens is 288 g/mol. The molecule has 1 aliphatic carbocycles. The molecule has 0 spiro atoms. The van der Waals surface area contributed by atoms with E-state index in [1.54, 1.807) is 0 Å². The number of nitrogens with one attached hydrogen (secondary N) is 1. The van der Waals surface area contributed by atoms with E-state index in [1.165, 1.54) is 12.8 Å². The predicted molar refractivity (Wildman–Crippen MR) is 92.7 cm³/mol. The molecule has 4 nitrogen and oxygen atoms in total. The van der Waals surface area contributed by atoms with Gasteiger partial charge >= 0.3 is 0 Å². The van der Waals surface area contributed by atoms with Crippen LogP contribution >= 0.6 is 0 Å². The van der Waals surface area contributed by atoms with Gasteiger partial charge < -0.3 is 4.74 Å². The molecule has 1 fully saturated rings. The van der Waals surface area contributed by atoms with E-state index in [0.29, 0.717) is 11.7 Å². The predicted octanol–water partition coefficient (Wildman–Crippen LogP) is 3.90. The van der Waals surface area contributed by atoms with Crippen molar-refractivity contribution in [2.24, 2.45) is 11.0 Å². The van der Waals surface area contributed by atoms with E-state index >= 15 is 0 Å². The van der Waals surface area contributed by atoms with E-state index in [0.717, 1.165) is 29.3 Å². The number of rotatable bonds is 5. The minimum atomic E-state index is -0.215. The molecule has 1 unspecified atom stereocenters. The second-order valence-electron chi connectivity index (χ2n) is 5.93. The van der Waals surface area contributed by atoms with Crippen molar-refractivity contribution in [1.29, 1.82) is 0 Å². The molecule has 0 radical (unpaired) electrons. The Balaban J connectivity index is 1.54. The van der Waals surface area contributed by atoms with E-state index < -0.39 is 0 Å². The molecule has 0 aliphatic heterocycles. The van der Waals surface area contributed by atoms with Gasteiger partial charge in [0.25, 0.3) is 5.91 Å². The zero-order chi connectivity index (χ0) is 16.1. The van der Waals surface area contributed by atoms with Crippen LogP contribution in [0, 0.1) is 5.92 Å². The van der Waals surface area contributed by atoms with Crippen LogP contribution in [0.2, 0.25) is 0 Å². The van der Waals surface area contributed by atoms with E-state index in [2.05, 4.69) is 17.5 Å². The summed E-state index contributed by atoms with van der Waals surface area (Å²) in [5, 5.41) is 6.53. The maximum absolute atomic E-state index is 11.9. The fraction of sp³-hybridized carbons (Fsp3) is 0.368. The Morgan fingerprint density at radius 1 is 1.26 bits per heavy atom. The SMILES string of the molecule is CCC1CCC/C1=N\NC(=O)COc1ccc2ccccc2c1. The van der Waals surface area contributed by atoms with Gasteiger partial charge in [0.1, 0.15) is 5.75 Å². The summed E-state index contributed by atoms with van der Waals surface area (Å²) < 4.78 is 5.56. The highest BCUT2D eigenvalue weighted by Crippen LogP contribution is 2.25. The van der Waals surface area contributed by atoms with Crippen LogP contribution in [0.3, 0.4) is 0 Å². The quantitative estimate of drug-likeness (QED) is 0.852. The van der Waals surface area contributed by atoms with Crippen LogP contribution in [0.5, 0.6) is 5.75 Å². The normalized spacial score (nSPS) is 19.2. The first-order chi connectivity index (χ1) is 11.3. The van der Waals surface area contributed by atoms with Crippen LogP contribution in [0.25, 0.3) is 10.8 Å². The number of hydrogen-bond acceptors (Lipinski definition) is 3. The highest BCUT2D eigenvalue weighted by molar-refractivity contribution is 5.90. The number of nitrogens with zero attached hydrogens (tertiary/aromatic N) is 1. The second kappa shape index (κ2) is 7.27. The highest BCUT2D eigenvalue weighted by atomic mass is 16.5. The summed E-state index contributed by atoms with van der Waals surface area (Å²) >= 11 is 0. The number of amides is 1. The summed E-state index contributed by atoms with van der Waals surface area (Å²) in [5.74, 6) is 1.00. The van der Waals surface area contributed by atoms with E-state index in [-0.39, 0.29) is 12.5 Å². The van der Waals surface area contributed by atoms with Crippen molar-refractivity contribution < 1.29 is 9.53 Å². The van der Waals surface area contributed by atoms with Crippen LogP contribution in [0.4, 0.5) is 0 Å². The average molecular weight is 310 g/mol. The van der Waals surface area contributed by atoms with Gasteiger partial charge in [-0.15, -0.1) is 0 Å². The average Bonchev–Trinajstić information content (AvgIpc) is 3.05. The lowest BCUT2D eigenvalue weighted by Crippen LogP contribution is -2.26. The largest absolute Gasteiger partial charge is 0.484 e. The molecule has 1 atom stereocenters. The van der Waals surface area contributed by atoms with Crippen molar-refractivity contribution in [3.8, 4) is 5.75 Å².